The molecule has 2 atom stereocenters. The third kappa shape index (κ3) is 4.72. The minimum absolute atomic E-state index is 0.114. The van der Waals surface area contributed by atoms with E-state index in [1.807, 2.05) is 13.8 Å². The number of nitrogens with zero attached hydrogens (tertiary/aromatic N) is 1. The fourth-order valence-electron chi connectivity index (χ4n) is 2.02. The summed E-state index contributed by atoms with van der Waals surface area (Å²) in [4.78, 5) is 37.3. The molecule has 0 bridgehead atoms. The van der Waals surface area contributed by atoms with Crippen molar-refractivity contribution in [2.45, 2.75) is 53.2 Å². The molecule has 21 heavy (non-hydrogen) atoms. The van der Waals surface area contributed by atoms with Gasteiger partial charge in [-0.2, -0.15) is 0 Å². The maximum Gasteiger partial charge on any atom is 0.411 e. The number of likely N-dealkylation sites (tertiary alicyclic amines) is 1. The quantitative estimate of drug-likeness (QED) is 0.745. The van der Waals surface area contributed by atoms with Gasteiger partial charge in [-0.3, -0.25) is 9.69 Å². The van der Waals surface area contributed by atoms with Crippen molar-refractivity contribution in [2.75, 3.05) is 13.2 Å². The van der Waals surface area contributed by atoms with Gasteiger partial charge in [-0.15, -0.1) is 0 Å². The van der Waals surface area contributed by atoms with Gasteiger partial charge in [0.1, 0.15) is 11.6 Å². The molecule has 6 heteroatoms. The first-order chi connectivity index (χ1) is 9.53. The summed E-state index contributed by atoms with van der Waals surface area (Å²) in [5.41, 5.74) is -0.682. The van der Waals surface area contributed by atoms with Gasteiger partial charge in [0.25, 0.3) is 0 Å². The molecule has 120 valence electrons. The smallest absolute Gasteiger partial charge is 0.411 e. The Kier molecular flexibility index (Phi) is 5.36. The molecular formula is C15H25NO5. The van der Waals surface area contributed by atoms with Gasteiger partial charge in [0.2, 0.25) is 0 Å². The highest BCUT2D eigenvalue weighted by atomic mass is 16.6. The third-order valence-electron chi connectivity index (χ3n) is 3.07. The molecule has 0 spiro atoms. The van der Waals surface area contributed by atoms with Gasteiger partial charge < -0.3 is 9.47 Å². The maximum absolute atomic E-state index is 12.2. The van der Waals surface area contributed by atoms with Gasteiger partial charge in [0.05, 0.1) is 13.2 Å². The largest absolute Gasteiger partial charge is 0.464 e. The lowest BCUT2D eigenvalue weighted by molar-refractivity contribution is -0.151. The summed E-state index contributed by atoms with van der Waals surface area (Å²) in [5.74, 6) is -1.09. The van der Waals surface area contributed by atoms with Gasteiger partial charge in [0.15, 0.2) is 5.78 Å². The summed E-state index contributed by atoms with van der Waals surface area (Å²) in [7, 11) is 0. The van der Waals surface area contributed by atoms with Crippen molar-refractivity contribution >= 4 is 17.8 Å². The van der Waals surface area contributed by atoms with E-state index >= 15 is 0 Å². The van der Waals surface area contributed by atoms with E-state index in [1.54, 1.807) is 27.7 Å². The maximum atomic E-state index is 12.2. The number of Topliss-reactive ketones (excluding diaryl/α,β-unsaturated/α-hetero) is 1. The van der Waals surface area contributed by atoms with E-state index in [9.17, 15) is 14.4 Å². The van der Waals surface area contributed by atoms with E-state index in [1.165, 1.54) is 4.90 Å². The zero-order chi connectivity index (χ0) is 16.4. The van der Waals surface area contributed by atoms with Crippen LogP contribution in [0.5, 0.6) is 0 Å². The Morgan fingerprint density at radius 3 is 2.38 bits per heavy atom. The Hall–Kier alpha value is -1.59. The number of carbonyl (C=O) groups excluding carboxylic acids is 3. The molecule has 1 rings (SSSR count). The lowest BCUT2D eigenvalue weighted by Gasteiger charge is -2.28. The van der Waals surface area contributed by atoms with Crippen molar-refractivity contribution in [1.29, 1.82) is 0 Å². The van der Waals surface area contributed by atoms with E-state index in [0.29, 0.717) is 0 Å². The number of rotatable bonds is 3. The second kappa shape index (κ2) is 6.45. The highest BCUT2D eigenvalue weighted by Gasteiger charge is 2.47. The molecule has 0 unspecified atom stereocenters. The normalized spacial score (nSPS) is 22.6. The number of amides is 1. The van der Waals surface area contributed by atoms with Crippen LogP contribution in [0, 0.1) is 11.8 Å². The summed E-state index contributed by atoms with van der Waals surface area (Å²) in [6, 6.07) is -0.897. The number of esters is 1. The molecule has 0 N–H and O–H groups in total. The number of ether oxygens (including phenoxy) is 2. The summed E-state index contributed by atoms with van der Waals surface area (Å²) in [6.07, 6.45) is -0.660. The van der Waals surface area contributed by atoms with E-state index in [-0.39, 0.29) is 24.9 Å². The Labute approximate surface area is 125 Å². The zero-order valence-corrected chi connectivity index (χ0v) is 13.6. The van der Waals surface area contributed by atoms with Gasteiger partial charge in [-0.05, 0) is 26.7 Å². The Bertz CT molecular complexity index is 424. The zero-order valence-electron chi connectivity index (χ0n) is 13.6. The topological polar surface area (TPSA) is 72.9 Å². The Morgan fingerprint density at radius 2 is 1.90 bits per heavy atom. The predicted octanol–water partition coefficient (Wildman–Crippen LogP) is 2.01. The van der Waals surface area contributed by atoms with Crippen LogP contribution < -0.4 is 0 Å². The molecule has 6 nitrogen and oxygen atoms in total. The van der Waals surface area contributed by atoms with Gasteiger partial charge in [-0.25, -0.2) is 9.59 Å². The number of hydrogen-bond donors (Lipinski definition) is 0. The van der Waals surface area contributed by atoms with Crippen LogP contribution in [0.1, 0.15) is 41.5 Å². The van der Waals surface area contributed by atoms with Crippen LogP contribution in [-0.2, 0) is 19.1 Å². The first-order valence-electron chi connectivity index (χ1n) is 7.22. The molecule has 0 aromatic carbocycles. The molecule has 1 fully saturated rings. The number of ketones is 1. The van der Waals surface area contributed by atoms with E-state index in [4.69, 9.17) is 9.47 Å². The van der Waals surface area contributed by atoms with E-state index in [0.717, 1.165) is 0 Å². The fraction of sp³-hybridized carbons (Fsp3) is 0.800. The molecule has 1 heterocycles. The van der Waals surface area contributed by atoms with Crippen LogP contribution in [0.3, 0.4) is 0 Å². The molecule has 0 aromatic heterocycles. The standard InChI is InChI=1S/C15H25NO5/c1-9(2)8-20-13(18)12-10(3)11(17)7-16(12)14(19)21-15(4,5)6/h9-10,12H,7-8H2,1-6H3/t10-,12-/m0/s1. The van der Waals surface area contributed by atoms with Crippen LogP contribution in [0.2, 0.25) is 0 Å². The van der Waals surface area contributed by atoms with E-state index in [2.05, 4.69) is 0 Å². The highest BCUT2D eigenvalue weighted by Crippen LogP contribution is 2.25. The van der Waals surface area contributed by atoms with Gasteiger partial charge in [0, 0.05) is 5.92 Å². The predicted molar refractivity (Wildman–Crippen MR) is 76.7 cm³/mol. The van der Waals surface area contributed by atoms with Crippen molar-refractivity contribution in [1.82, 2.24) is 4.90 Å². The van der Waals surface area contributed by atoms with Crippen molar-refractivity contribution < 1.29 is 23.9 Å². The van der Waals surface area contributed by atoms with Crippen LogP contribution >= 0.6 is 0 Å². The summed E-state index contributed by atoms with van der Waals surface area (Å²) in [6.45, 7) is 10.8. The molecule has 1 aliphatic heterocycles. The van der Waals surface area contributed by atoms with E-state index < -0.39 is 29.6 Å². The summed E-state index contributed by atoms with van der Waals surface area (Å²) in [5, 5.41) is 0. The number of carbonyl (C=O) groups is 3. The first-order valence-corrected chi connectivity index (χ1v) is 7.22. The van der Waals surface area contributed by atoms with Crippen molar-refractivity contribution in [3.63, 3.8) is 0 Å². The first kappa shape index (κ1) is 17.5. The molecule has 1 amide bonds. The molecular weight excluding hydrogens is 274 g/mol. The second-order valence-corrected chi connectivity index (χ2v) is 6.83. The van der Waals surface area contributed by atoms with Gasteiger partial charge >= 0.3 is 12.1 Å². The molecule has 0 aliphatic carbocycles. The van der Waals surface area contributed by atoms with Crippen LogP contribution in [0.4, 0.5) is 4.79 Å². The van der Waals surface area contributed by atoms with Crippen LogP contribution in [-0.4, -0.2) is 47.5 Å². The summed E-state index contributed by atoms with van der Waals surface area (Å²) >= 11 is 0. The Balaban J connectivity index is 2.83. The van der Waals surface area contributed by atoms with Crippen LogP contribution in [0.15, 0.2) is 0 Å². The SMILES string of the molecule is CC(C)COC(=O)[C@@H]1[C@@H](C)C(=O)CN1C(=O)OC(C)(C)C. The lowest BCUT2D eigenvalue weighted by Crippen LogP contribution is -2.46. The number of hydrogen-bond acceptors (Lipinski definition) is 5. The minimum Gasteiger partial charge on any atom is -0.464 e. The average Bonchev–Trinajstić information content (AvgIpc) is 2.61. The van der Waals surface area contributed by atoms with Gasteiger partial charge in [-0.1, -0.05) is 20.8 Å². The second-order valence-electron chi connectivity index (χ2n) is 6.83. The molecule has 0 radical (unpaired) electrons. The Morgan fingerprint density at radius 1 is 1.33 bits per heavy atom. The lowest BCUT2D eigenvalue weighted by atomic mass is 10.0. The minimum atomic E-state index is -0.897. The molecule has 0 saturated carbocycles. The fourth-order valence-corrected chi connectivity index (χ4v) is 2.02. The summed E-state index contributed by atoms with van der Waals surface area (Å²) < 4.78 is 10.4. The average molecular weight is 299 g/mol. The van der Waals surface area contributed by atoms with Crippen molar-refractivity contribution in [3.05, 3.63) is 0 Å². The van der Waals surface area contributed by atoms with Crippen molar-refractivity contribution in [2.24, 2.45) is 11.8 Å². The molecule has 1 saturated heterocycles. The molecule has 0 aromatic rings. The van der Waals surface area contributed by atoms with Crippen LogP contribution in [0.25, 0.3) is 0 Å². The third-order valence-corrected chi connectivity index (χ3v) is 3.07. The molecule has 1 aliphatic rings. The van der Waals surface area contributed by atoms with Crippen molar-refractivity contribution in [3.8, 4) is 0 Å². The highest BCUT2D eigenvalue weighted by molar-refractivity contribution is 5.97. The monoisotopic (exact) mass is 299 g/mol.